The molecule has 0 aromatic carbocycles. The third-order valence-corrected chi connectivity index (χ3v) is 20.5. The smallest absolute Gasteiger partial charge is 0.248 e. The molecule has 0 spiro atoms. The summed E-state index contributed by atoms with van der Waals surface area (Å²) in [6.45, 7) is 5.97. The van der Waals surface area contributed by atoms with Gasteiger partial charge in [0.15, 0.2) is 0 Å². The molecule has 3 radical (unpaired) electrons. The number of hydrazine groups is 1. The zero-order chi connectivity index (χ0) is 112. The molecular formula is C87H152BN26O36-14. The molecule has 1 rings (SSSR count). The molecule has 0 bridgehead atoms. The van der Waals surface area contributed by atoms with Crippen molar-refractivity contribution in [3.63, 3.8) is 0 Å². The van der Waals surface area contributed by atoms with Crippen LogP contribution < -0.4 is 131 Å². The van der Waals surface area contributed by atoms with E-state index in [4.69, 9.17) is 17.3 Å². The summed E-state index contributed by atoms with van der Waals surface area (Å²) in [4.78, 5) is 270. The Morgan fingerprint density at radius 2 is 0.427 bits per heavy atom. The SMILES string of the molecule is C.CC(=O)CN(CCN(CCN(CC(=O)[O-])CC(=O)N1CCNCCNCCNCC1)CC(=O)[O-])CC(=O)[O-].CC(=O)CN(CCN(CCN(CC(=O)[O-])CC(=O)NCCCNCCNCCN)CC(=O)[O-])CC(=O)[O-].CC(=O)CN(CCN(CCN(CCN(CC(=O)[O-])CC(=O)NCCCN)CC(=O)[O-])CC(=O)[O-])CC(=O)[O-].CC(=O)CN(CCN(CCN(CCN(CC(=O)[O-])CC(=O)NN)CC(=O)[O-])CC(=O)[O-])CC(=O)[O-].[2HH].[B]. The average molecular weight is 2150 g/mol. The summed E-state index contributed by atoms with van der Waals surface area (Å²) in [6, 6.07) is 0. The van der Waals surface area contributed by atoms with Crippen molar-refractivity contribution in [1.29, 1.82) is 0 Å². The van der Waals surface area contributed by atoms with Crippen molar-refractivity contribution in [2.75, 3.05) is 380 Å². The second-order valence-corrected chi connectivity index (χ2v) is 34.0. The molecule has 0 aromatic heterocycles. The van der Waals surface area contributed by atoms with Gasteiger partial charge in [-0.1, -0.05) is 7.43 Å². The van der Waals surface area contributed by atoms with Gasteiger partial charge in [0.1, 0.15) is 23.1 Å². The highest BCUT2D eigenvalue weighted by molar-refractivity contribution is 5.83. The molecule has 1 fully saturated rings. The molecule has 1 aliphatic rings. The first-order chi connectivity index (χ1) is 69.7. The van der Waals surface area contributed by atoms with E-state index in [2.05, 4.69) is 37.2 Å². The lowest BCUT2D eigenvalue weighted by Crippen LogP contribution is -2.51. The Bertz CT molecular complexity index is 3950. The summed E-state index contributed by atoms with van der Waals surface area (Å²) in [6.07, 6.45) is 1.21. The number of hydrogen-bond acceptors (Lipinski definition) is 58. The number of carboxylic acid groups (broad SMARTS) is 14. The average Bonchev–Trinajstić information content (AvgIpc) is 0.877. The first kappa shape index (κ1) is 147. The molecule has 0 aliphatic carbocycles. The van der Waals surface area contributed by atoms with Gasteiger partial charge < -0.3 is 192 Å². The lowest BCUT2D eigenvalue weighted by Gasteiger charge is -2.31. The van der Waals surface area contributed by atoms with Crippen LogP contribution in [0.2, 0.25) is 0 Å². The van der Waals surface area contributed by atoms with Gasteiger partial charge in [-0.2, -0.15) is 0 Å². The minimum absolute atomic E-state index is 0. The van der Waals surface area contributed by atoms with E-state index in [9.17, 15) is 177 Å². The number of ketones is 4. The first-order valence-corrected chi connectivity index (χ1v) is 47.4. The number of amides is 4. The number of aliphatic carboxylic acids is 14. The highest BCUT2D eigenvalue weighted by Gasteiger charge is 2.25. The monoisotopic (exact) mass is 2150 g/mol. The molecule has 4 amide bonds. The van der Waals surface area contributed by atoms with Gasteiger partial charge in [-0.25, -0.2) is 5.84 Å². The Balaban J connectivity index is -0.000000461. The third kappa shape index (κ3) is 94.7. The summed E-state index contributed by atoms with van der Waals surface area (Å²) in [5, 5.41) is 177. The molecule has 0 saturated carbocycles. The van der Waals surface area contributed by atoms with Crippen LogP contribution in [0.4, 0.5) is 0 Å². The van der Waals surface area contributed by atoms with Crippen molar-refractivity contribution in [3.05, 3.63) is 0 Å². The predicted molar refractivity (Wildman–Crippen MR) is 504 cm³/mol. The van der Waals surface area contributed by atoms with E-state index < -0.39 is 187 Å². The highest BCUT2D eigenvalue weighted by atomic mass is 16.4. The fourth-order valence-corrected chi connectivity index (χ4v) is 13.9. The van der Waals surface area contributed by atoms with Crippen LogP contribution in [-0.2, 0) is 105 Å². The second-order valence-electron chi connectivity index (χ2n) is 34.0. The van der Waals surface area contributed by atoms with Gasteiger partial charge in [0.05, 0.1) is 136 Å². The summed E-state index contributed by atoms with van der Waals surface area (Å²) in [7, 11) is 0. The minimum atomic E-state index is -1.46. The Morgan fingerprint density at radius 1 is 0.240 bits per heavy atom. The van der Waals surface area contributed by atoms with E-state index >= 15 is 0 Å². The van der Waals surface area contributed by atoms with Crippen molar-refractivity contribution in [1.82, 2.24) is 116 Å². The van der Waals surface area contributed by atoms with Crippen LogP contribution in [0.5, 0.6) is 0 Å². The maximum Gasteiger partial charge on any atom is 0.248 e. The number of rotatable bonds is 86. The molecule has 1 heterocycles. The van der Waals surface area contributed by atoms with Crippen molar-refractivity contribution in [3.8, 4) is 0 Å². The molecule has 1 saturated heterocycles. The Labute approximate surface area is 874 Å². The highest BCUT2D eigenvalue weighted by Crippen LogP contribution is 2.06. The number of hydrogen-bond donors (Lipinski definition) is 11. The normalized spacial score (nSPS) is 12.3. The van der Waals surface area contributed by atoms with E-state index in [-0.39, 0.29) is 235 Å². The molecule has 0 atom stereocenters. The maximum absolute atomic E-state index is 13.0. The minimum Gasteiger partial charge on any atom is -0.549 e. The molecule has 62 nitrogen and oxygen atoms in total. The zero-order valence-corrected chi connectivity index (χ0v) is 85.1. The van der Waals surface area contributed by atoms with Gasteiger partial charge in [0, 0.05) is 324 Å². The van der Waals surface area contributed by atoms with E-state index in [1.54, 1.807) is 4.90 Å². The number of nitrogens with one attached hydrogen (secondary N) is 8. The fraction of sp³-hybridized carbons (Fsp3) is 0.747. The van der Waals surface area contributed by atoms with Crippen molar-refractivity contribution >= 4 is 139 Å². The van der Waals surface area contributed by atoms with Crippen LogP contribution in [0.3, 0.4) is 0 Å². The van der Waals surface area contributed by atoms with Crippen LogP contribution in [0.1, 0.15) is 49.4 Å². The number of nitrogens with two attached hydrogens (primary N) is 3. The first-order valence-electron chi connectivity index (χ1n) is 47.4. The molecule has 1 aliphatic heterocycles. The van der Waals surface area contributed by atoms with Gasteiger partial charge in [-0.05, 0) is 53.6 Å². The van der Waals surface area contributed by atoms with Crippen LogP contribution in [0, 0.1) is 0 Å². The van der Waals surface area contributed by atoms with Crippen molar-refractivity contribution < 1.29 is 178 Å². The number of carbonyl (C=O) groups excluding carboxylic acids is 22. The Kier molecular flexibility index (Phi) is 89.2. The summed E-state index contributed by atoms with van der Waals surface area (Å²) in [5.74, 6) is -17.6. The molecule has 863 valence electrons. The maximum atomic E-state index is 13.0. The molecule has 150 heavy (non-hydrogen) atoms. The van der Waals surface area contributed by atoms with E-state index in [1.165, 1.54) is 91.4 Å². The van der Waals surface area contributed by atoms with Crippen molar-refractivity contribution in [2.24, 2.45) is 17.3 Å². The molecular weight excluding hydrogens is 2000 g/mol. The summed E-state index contributed by atoms with van der Waals surface area (Å²) < 4.78 is 0. The van der Waals surface area contributed by atoms with E-state index in [1.807, 2.05) is 5.43 Å². The third-order valence-electron chi connectivity index (χ3n) is 20.5. The van der Waals surface area contributed by atoms with Crippen LogP contribution in [0.25, 0.3) is 0 Å². The van der Waals surface area contributed by atoms with E-state index in [0.29, 0.717) is 71.7 Å². The number of nitrogens with zero attached hydrogens (tertiary/aromatic N) is 15. The quantitative estimate of drug-likeness (QED) is 0.00885. The number of Topliss-reactive ketones (excluding diaryl/α,β-unsaturated/α-hetero) is 4. The zero-order valence-electron chi connectivity index (χ0n) is 85.1. The standard InChI is InChI=1S/C23H43N7O8.C22H43N7O8.C22H40N6O10.C19H34N6O10.CH4.B.H2/c1-19(31)14-28(17-22(35)36)12-10-27(16-21(33)34)11-13-29(18-23(37)38)15-20(32)30-8-6-25-4-2-24-3-5-26-7-9-30;1-18(30)13-28(16-21(34)35)11-9-27(15-20(32)33)10-12-29(17-22(36)37)14-19(31)26-5-2-4-24-7-8-25-6-3-23;1-17(29)11-27(15-21(35)36)9-7-25(13-19(31)32)5-6-26(14-20(33)34)8-10-28(16-22(37)38)12-18(30)24-4-2-3-23;1-14(26)8-24(12-18(32)33)6-4-22(10-16(28)29)2-3-23(11-17(30)31)5-7-25(13-19(34)35)9-15(27)21-20;;;/h24-26H,2-18H2,1H3,(H,33,34)(H,35,36)(H,37,38);24-25H,2-17,23H2,1H3,(H,26,31)(H,32,33)(H,34,35)(H,36,37);2-16,23H2,1H3,(H,24,30)(H,31,32)(H,33,34)(H,35,36)(H,37,38);2-13,20H2,1H3,(H,21,27)(H,28,29)(H,30,31)(H,32,33)(H,34,35);1H4;;1H/p-14/i;;;;;;1+1. The predicted octanol–water partition coefficient (Wildman–Crippen LogP) is -32.8. The van der Waals surface area contributed by atoms with E-state index in [0.717, 1.165) is 50.7 Å². The van der Waals surface area contributed by atoms with Crippen LogP contribution >= 0.6 is 0 Å². The van der Waals surface area contributed by atoms with Gasteiger partial charge in [-0.15, -0.1) is 0 Å². The van der Waals surface area contributed by atoms with Crippen LogP contribution in [0.15, 0.2) is 0 Å². The molecule has 0 aromatic rings. The second kappa shape index (κ2) is 91.2. The fourth-order valence-electron chi connectivity index (χ4n) is 13.9. The molecule has 0 unspecified atom stereocenters. The van der Waals surface area contributed by atoms with Gasteiger partial charge in [0.2, 0.25) is 23.6 Å². The molecule has 63 heteroatoms. The largest absolute Gasteiger partial charge is 0.549 e. The van der Waals surface area contributed by atoms with Crippen LogP contribution in [-0.4, -0.2) is 592 Å². The Hall–Kier alpha value is -11.7. The van der Waals surface area contributed by atoms with Crippen molar-refractivity contribution in [2.45, 2.75) is 48.0 Å². The topological polar surface area (TPSA) is 921 Å². The Morgan fingerprint density at radius 3 is 0.633 bits per heavy atom. The number of carboxylic acids is 14. The number of carbonyl (C=O) groups is 22. The lowest BCUT2D eigenvalue weighted by atomic mass is 10.3. The van der Waals surface area contributed by atoms with Gasteiger partial charge >= 0.3 is 0 Å². The lowest BCUT2D eigenvalue weighted by molar-refractivity contribution is -0.308. The van der Waals surface area contributed by atoms with Gasteiger partial charge in [-0.3, -0.25) is 112 Å². The summed E-state index contributed by atoms with van der Waals surface area (Å²) >= 11 is 0. The van der Waals surface area contributed by atoms with Gasteiger partial charge in [0.25, 0.3) is 0 Å². The summed E-state index contributed by atoms with van der Waals surface area (Å²) in [5.41, 5.74) is 12.6. The molecule has 14 N–H and O–H groups in total.